The molecule has 2 rings (SSSR count). The number of rotatable bonds is 3. The molecule has 1 aliphatic rings. The fraction of sp³-hybridized carbons (Fsp3) is 0.538. The second kappa shape index (κ2) is 5.62. The standard InChI is InChI=1S/C13H17N3/c14-7-4-12-5-9-16(10-6-12)11-13-3-1-2-8-15-13/h1-3,8,12H,4-6,9-11H2. The summed E-state index contributed by atoms with van der Waals surface area (Å²) in [6, 6.07) is 8.32. The molecule has 2 heterocycles. The lowest BCUT2D eigenvalue weighted by molar-refractivity contribution is 0.177. The van der Waals surface area contributed by atoms with Gasteiger partial charge in [-0.25, -0.2) is 0 Å². The van der Waals surface area contributed by atoms with Crippen molar-refractivity contribution in [2.75, 3.05) is 13.1 Å². The van der Waals surface area contributed by atoms with Crippen LogP contribution in [0.4, 0.5) is 0 Å². The molecule has 0 unspecified atom stereocenters. The number of nitriles is 1. The highest BCUT2D eigenvalue weighted by Crippen LogP contribution is 2.20. The molecule has 1 fully saturated rings. The van der Waals surface area contributed by atoms with E-state index in [0.717, 1.165) is 44.6 Å². The molecule has 0 saturated carbocycles. The predicted octanol–water partition coefficient (Wildman–Crippen LogP) is 2.21. The third-order valence-corrected chi connectivity index (χ3v) is 3.20. The van der Waals surface area contributed by atoms with Gasteiger partial charge in [-0.05, 0) is 44.0 Å². The molecule has 1 aromatic rings. The van der Waals surface area contributed by atoms with Crippen LogP contribution in [0.25, 0.3) is 0 Å². The summed E-state index contributed by atoms with van der Waals surface area (Å²) in [4.78, 5) is 6.76. The highest BCUT2D eigenvalue weighted by atomic mass is 15.1. The zero-order valence-electron chi connectivity index (χ0n) is 9.47. The van der Waals surface area contributed by atoms with E-state index in [9.17, 15) is 0 Å². The average molecular weight is 215 g/mol. The van der Waals surface area contributed by atoms with E-state index in [1.165, 1.54) is 0 Å². The van der Waals surface area contributed by atoms with Crippen LogP contribution in [0, 0.1) is 17.2 Å². The molecule has 0 spiro atoms. The molecule has 1 saturated heterocycles. The SMILES string of the molecule is N#CCC1CCN(Cc2ccccn2)CC1. The van der Waals surface area contributed by atoms with E-state index in [1.54, 1.807) is 0 Å². The Balaban J connectivity index is 1.80. The fourth-order valence-corrected chi connectivity index (χ4v) is 2.20. The van der Waals surface area contributed by atoms with Crippen molar-refractivity contribution in [3.05, 3.63) is 30.1 Å². The molecular weight excluding hydrogens is 198 g/mol. The average Bonchev–Trinajstić information content (AvgIpc) is 2.33. The van der Waals surface area contributed by atoms with E-state index in [2.05, 4.69) is 22.0 Å². The van der Waals surface area contributed by atoms with Gasteiger partial charge in [-0.2, -0.15) is 5.26 Å². The molecule has 0 aromatic carbocycles. The summed E-state index contributed by atoms with van der Waals surface area (Å²) in [5.74, 6) is 0.616. The van der Waals surface area contributed by atoms with E-state index < -0.39 is 0 Å². The minimum absolute atomic E-state index is 0.616. The van der Waals surface area contributed by atoms with Crippen molar-refractivity contribution < 1.29 is 0 Å². The van der Waals surface area contributed by atoms with Crippen molar-refractivity contribution in [1.29, 1.82) is 5.26 Å². The van der Waals surface area contributed by atoms with Gasteiger partial charge in [0.25, 0.3) is 0 Å². The molecule has 1 aromatic heterocycles. The third-order valence-electron chi connectivity index (χ3n) is 3.20. The highest BCUT2D eigenvalue weighted by Gasteiger charge is 2.18. The maximum atomic E-state index is 8.65. The van der Waals surface area contributed by atoms with Crippen LogP contribution in [-0.2, 0) is 6.54 Å². The van der Waals surface area contributed by atoms with Gasteiger partial charge < -0.3 is 0 Å². The van der Waals surface area contributed by atoms with E-state index in [4.69, 9.17) is 5.26 Å². The highest BCUT2D eigenvalue weighted by molar-refractivity contribution is 5.03. The molecule has 84 valence electrons. The summed E-state index contributed by atoms with van der Waals surface area (Å²) in [6.07, 6.45) is 4.87. The molecule has 0 atom stereocenters. The zero-order valence-corrected chi connectivity index (χ0v) is 9.47. The Morgan fingerprint density at radius 2 is 2.19 bits per heavy atom. The smallest absolute Gasteiger partial charge is 0.0624 e. The lowest BCUT2D eigenvalue weighted by Crippen LogP contribution is -2.33. The Hall–Kier alpha value is -1.40. The largest absolute Gasteiger partial charge is 0.297 e. The first-order chi connectivity index (χ1) is 7.88. The molecule has 0 amide bonds. The second-order valence-electron chi connectivity index (χ2n) is 4.40. The monoisotopic (exact) mass is 215 g/mol. The summed E-state index contributed by atoms with van der Waals surface area (Å²) < 4.78 is 0. The Bertz CT molecular complexity index is 347. The molecule has 1 aliphatic heterocycles. The van der Waals surface area contributed by atoms with Crippen LogP contribution in [0.1, 0.15) is 25.0 Å². The van der Waals surface area contributed by atoms with Gasteiger partial charge in [0.05, 0.1) is 11.8 Å². The van der Waals surface area contributed by atoms with Gasteiger partial charge in [0.2, 0.25) is 0 Å². The summed E-state index contributed by atoms with van der Waals surface area (Å²) >= 11 is 0. The summed E-state index contributed by atoms with van der Waals surface area (Å²) in [5, 5.41) is 8.65. The van der Waals surface area contributed by atoms with Gasteiger partial charge in [0, 0.05) is 19.2 Å². The minimum atomic E-state index is 0.616. The first kappa shape index (κ1) is 11.1. The van der Waals surface area contributed by atoms with Crippen LogP contribution in [-0.4, -0.2) is 23.0 Å². The first-order valence-electron chi connectivity index (χ1n) is 5.87. The van der Waals surface area contributed by atoms with Crippen LogP contribution in [0.3, 0.4) is 0 Å². The molecule has 0 radical (unpaired) electrons. The number of pyridine rings is 1. The predicted molar refractivity (Wildman–Crippen MR) is 62.5 cm³/mol. The Kier molecular flexibility index (Phi) is 3.90. The molecule has 3 nitrogen and oxygen atoms in total. The van der Waals surface area contributed by atoms with Gasteiger partial charge in [-0.1, -0.05) is 6.07 Å². The summed E-state index contributed by atoms with van der Waals surface area (Å²) in [5.41, 5.74) is 1.14. The lowest BCUT2D eigenvalue weighted by atomic mass is 9.94. The van der Waals surface area contributed by atoms with Gasteiger partial charge in [0.15, 0.2) is 0 Å². The number of piperidine rings is 1. The molecule has 0 N–H and O–H groups in total. The Morgan fingerprint density at radius 3 is 2.81 bits per heavy atom. The Labute approximate surface area is 96.7 Å². The molecule has 3 heteroatoms. The van der Waals surface area contributed by atoms with Crippen molar-refractivity contribution in [2.24, 2.45) is 5.92 Å². The van der Waals surface area contributed by atoms with Crippen LogP contribution in [0.5, 0.6) is 0 Å². The zero-order chi connectivity index (χ0) is 11.2. The minimum Gasteiger partial charge on any atom is -0.297 e. The topological polar surface area (TPSA) is 39.9 Å². The fourth-order valence-electron chi connectivity index (χ4n) is 2.20. The number of hydrogen-bond acceptors (Lipinski definition) is 3. The molecular formula is C13H17N3. The number of hydrogen-bond donors (Lipinski definition) is 0. The summed E-state index contributed by atoms with van der Waals surface area (Å²) in [6.45, 7) is 3.14. The van der Waals surface area contributed by atoms with Gasteiger partial charge in [-0.3, -0.25) is 9.88 Å². The van der Waals surface area contributed by atoms with Crippen LogP contribution < -0.4 is 0 Å². The number of nitrogens with zero attached hydrogens (tertiary/aromatic N) is 3. The summed E-state index contributed by atoms with van der Waals surface area (Å²) in [7, 11) is 0. The molecule has 0 aliphatic carbocycles. The first-order valence-corrected chi connectivity index (χ1v) is 5.87. The van der Waals surface area contributed by atoms with Gasteiger partial charge >= 0.3 is 0 Å². The van der Waals surface area contributed by atoms with Crippen molar-refractivity contribution in [1.82, 2.24) is 9.88 Å². The van der Waals surface area contributed by atoms with Crippen molar-refractivity contribution in [3.63, 3.8) is 0 Å². The van der Waals surface area contributed by atoms with Gasteiger partial charge in [-0.15, -0.1) is 0 Å². The van der Waals surface area contributed by atoms with Crippen LogP contribution in [0.15, 0.2) is 24.4 Å². The normalized spacial score (nSPS) is 18.2. The van der Waals surface area contributed by atoms with Gasteiger partial charge in [0.1, 0.15) is 0 Å². The second-order valence-corrected chi connectivity index (χ2v) is 4.40. The van der Waals surface area contributed by atoms with Crippen molar-refractivity contribution in [3.8, 4) is 6.07 Å². The van der Waals surface area contributed by atoms with E-state index >= 15 is 0 Å². The van der Waals surface area contributed by atoms with E-state index in [0.29, 0.717) is 5.92 Å². The Morgan fingerprint density at radius 1 is 1.38 bits per heavy atom. The maximum Gasteiger partial charge on any atom is 0.0624 e. The van der Waals surface area contributed by atoms with E-state index in [-0.39, 0.29) is 0 Å². The molecule has 0 bridgehead atoms. The third kappa shape index (κ3) is 3.04. The van der Waals surface area contributed by atoms with Crippen molar-refractivity contribution in [2.45, 2.75) is 25.8 Å². The number of likely N-dealkylation sites (tertiary alicyclic amines) is 1. The van der Waals surface area contributed by atoms with Crippen LogP contribution >= 0.6 is 0 Å². The van der Waals surface area contributed by atoms with E-state index in [1.807, 2.05) is 18.3 Å². The maximum absolute atomic E-state index is 8.65. The van der Waals surface area contributed by atoms with Crippen LogP contribution in [0.2, 0.25) is 0 Å². The quantitative estimate of drug-likeness (QED) is 0.776. The molecule has 16 heavy (non-hydrogen) atoms. The van der Waals surface area contributed by atoms with Crippen molar-refractivity contribution >= 4 is 0 Å². The number of aromatic nitrogens is 1. The lowest BCUT2D eigenvalue weighted by Gasteiger charge is -2.30.